The van der Waals surface area contributed by atoms with Gasteiger partial charge in [0.25, 0.3) is 5.65 Å². The fraction of sp³-hybridized carbons (Fsp3) is 0.750. The van der Waals surface area contributed by atoms with Crippen molar-refractivity contribution >= 4 is 13.2 Å². The van der Waals surface area contributed by atoms with Crippen LogP contribution in [0, 0.1) is 0 Å². The van der Waals surface area contributed by atoms with Crippen LogP contribution in [0.2, 0.25) is 0 Å². The van der Waals surface area contributed by atoms with Gasteiger partial charge in [0.05, 0.1) is 7.05 Å². The molecule has 0 spiro atoms. The SMILES string of the molecule is CNC(=O)P(=O)([O-])OC.C[NH3+]. The largest absolute Gasteiger partial charge is 0.772 e. The molecule has 0 aromatic heterocycles. The molecule has 0 fully saturated rings. The molecule has 0 heterocycles. The first kappa shape index (κ1) is 13.2. The number of hydrogen-bond donors (Lipinski definition) is 2. The van der Waals surface area contributed by atoms with Crippen LogP contribution in [-0.2, 0) is 9.09 Å². The molecule has 6 nitrogen and oxygen atoms in total. The first-order valence-corrected chi connectivity index (χ1v) is 4.38. The molecule has 1 unspecified atom stereocenters. The van der Waals surface area contributed by atoms with Crippen LogP contribution in [0.1, 0.15) is 0 Å². The van der Waals surface area contributed by atoms with Crippen LogP contribution in [0.25, 0.3) is 0 Å². The predicted molar refractivity (Wildman–Crippen MR) is 37.9 cm³/mol. The molecule has 7 heteroatoms. The molecule has 4 N–H and O–H groups in total. The Kier molecular flexibility index (Phi) is 7.55. The summed E-state index contributed by atoms with van der Waals surface area (Å²) in [6.07, 6.45) is 0. The standard InChI is InChI=1S/C3H8NO4P.CH5N/c1-4-3(5)9(6,7)8-2;1-2/h1-2H3,(H,4,5)(H,6,7);2H2,1H3. The summed E-state index contributed by atoms with van der Waals surface area (Å²) >= 11 is 0. The Morgan fingerprint density at radius 2 is 2.00 bits per heavy atom. The smallest absolute Gasteiger partial charge is 0.291 e. The van der Waals surface area contributed by atoms with Gasteiger partial charge in [0.1, 0.15) is 0 Å². The average Bonchev–Trinajstić information content (AvgIpc) is 2.06. The Labute approximate surface area is 65.3 Å². The summed E-state index contributed by atoms with van der Waals surface area (Å²) in [7, 11) is -0.367. The van der Waals surface area contributed by atoms with Crippen molar-refractivity contribution in [2.24, 2.45) is 0 Å². The summed E-state index contributed by atoms with van der Waals surface area (Å²) in [6, 6.07) is 0. The second-order valence-corrected chi connectivity index (χ2v) is 3.00. The lowest BCUT2D eigenvalue weighted by Gasteiger charge is -2.17. The fourth-order valence-electron chi connectivity index (χ4n) is 0.220. The molecule has 1 amide bonds. The molecule has 11 heavy (non-hydrogen) atoms. The van der Waals surface area contributed by atoms with E-state index in [0.29, 0.717) is 0 Å². The van der Waals surface area contributed by atoms with Crippen molar-refractivity contribution in [3.8, 4) is 0 Å². The van der Waals surface area contributed by atoms with Gasteiger partial charge >= 0.3 is 0 Å². The summed E-state index contributed by atoms with van der Waals surface area (Å²) in [5.74, 6) is 0. The van der Waals surface area contributed by atoms with Crippen molar-refractivity contribution in [1.82, 2.24) is 5.32 Å². The van der Waals surface area contributed by atoms with Crippen LogP contribution in [-0.4, -0.2) is 26.9 Å². The Bertz CT molecular complexity index is 160. The van der Waals surface area contributed by atoms with Gasteiger partial charge in [-0.1, -0.05) is 0 Å². The highest BCUT2D eigenvalue weighted by Crippen LogP contribution is 2.35. The summed E-state index contributed by atoms with van der Waals surface area (Å²) in [6.45, 7) is 0. The fourth-order valence-corrected chi connectivity index (χ4v) is 0.660. The van der Waals surface area contributed by atoms with Crippen LogP contribution in [0.15, 0.2) is 0 Å². The van der Waals surface area contributed by atoms with Crippen molar-refractivity contribution < 1.29 is 24.5 Å². The average molecular weight is 184 g/mol. The molecule has 0 rings (SSSR count). The van der Waals surface area contributed by atoms with Gasteiger partial charge in [-0.3, -0.25) is 9.36 Å². The van der Waals surface area contributed by atoms with Crippen LogP contribution >= 0.6 is 7.60 Å². The van der Waals surface area contributed by atoms with Gasteiger partial charge in [0.2, 0.25) is 7.60 Å². The van der Waals surface area contributed by atoms with E-state index >= 15 is 0 Å². The topological polar surface area (TPSA) is 106 Å². The number of carbonyl (C=O) groups excluding carboxylic acids is 1. The Balaban J connectivity index is 0. The van der Waals surface area contributed by atoms with Gasteiger partial charge < -0.3 is 20.5 Å². The van der Waals surface area contributed by atoms with Crippen molar-refractivity contribution in [3.63, 3.8) is 0 Å². The first-order valence-electron chi connectivity index (χ1n) is 2.84. The minimum atomic E-state index is -4.26. The third kappa shape index (κ3) is 4.92. The van der Waals surface area contributed by atoms with E-state index in [9.17, 15) is 14.3 Å². The van der Waals surface area contributed by atoms with Crippen LogP contribution in [0.4, 0.5) is 4.79 Å². The molecular weight excluding hydrogens is 171 g/mol. The number of amides is 1. The molecule has 0 aliphatic rings. The van der Waals surface area contributed by atoms with Gasteiger partial charge in [0, 0.05) is 14.2 Å². The van der Waals surface area contributed by atoms with Crippen molar-refractivity contribution in [3.05, 3.63) is 0 Å². The zero-order valence-electron chi connectivity index (χ0n) is 6.79. The zero-order chi connectivity index (χ0) is 9.49. The molecule has 0 radical (unpaired) electrons. The van der Waals surface area contributed by atoms with Gasteiger partial charge in [-0.05, 0) is 0 Å². The van der Waals surface area contributed by atoms with E-state index in [-0.39, 0.29) is 0 Å². The van der Waals surface area contributed by atoms with Gasteiger partial charge in [0.15, 0.2) is 0 Å². The van der Waals surface area contributed by atoms with E-state index < -0.39 is 13.2 Å². The third-order valence-corrected chi connectivity index (χ3v) is 1.90. The molecule has 0 aromatic rings. The Morgan fingerprint density at radius 1 is 1.64 bits per heavy atom. The number of quaternary nitrogens is 1. The highest BCUT2D eigenvalue weighted by molar-refractivity contribution is 7.69. The minimum Gasteiger partial charge on any atom is -0.772 e. The highest BCUT2D eigenvalue weighted by Gasteiger charge is 2.14. The Hall–Kier alpha value is -0.420. The zero-order valence-corrected chi connectivity index (χ0v) is 7.68. The molecular formula is C4H13N2O4P. The first-order chi connectivity index (χ1) is 5.04. The van der Waals surface area contributed by atoms with Crippen LogP contribution in [0.5, 0.6) is 0 Å². The number of carbonyl (C=O) groups is 1. The maximum atomic E-state index is 10.3. The molecule has 0 bridgehead atoms. The van der Waals surface area contributed by atoms with Crippen LogP contribution in [0.3, 0.4) is 0 Å². The van der Waals surface area contributed by atoms with Gasteiger partial charge in [-0.25, -0.2) is 0 Å². The van der Waals surface area contributed by atoms with E-state index in [1.807, 2.05) is 5.32 Å². The lowest BCUT2D eigenvalue weighted by Crippen LogP contribution is -2.40. The maximum absolute atomic E-state index is 10.3. The monoisotopic (exact) mass is 184 g/mol. The van der Waals surface area contributed by atoms with Crippen molar-refractivity contribution in [2.75, 3.05) is 21.2 Å². The molecule has 0 saturated carbocycles. The molecule has 0 aliphatic heterocycles. The molecule has 0 aliphatic carbocycles. The van der Waals surface area contributed by atoms with E-state index in [0.717, 1.165) is 7.11 Å². The van der Waals surface area contributed by atoms with E-state index in [1.165, 1.54) is 7.05 Å². The number of rotatable bonds is 2. The second kappa shape index (κ2) is 6.30. The van der Waals surface area contributed by atoms with Gasteiger partial charge in [-0.2, -0.15) is 0 Å². The van der Waals surface area contributed by atoms with E-state index in [1.54, 1.807) is 7.05 Å². The number of nitrogens with one attached hydrogen (secondary N) is 1. The minimum absolute atomic E-state index is 0.934. The third-order valence-electron chi connectivity index (χ3n) is 0.703. The summed E-state index contributed by atoms with van der Waals surface area (Å²) in [4.78, 5) is 20.6. The lowest BCUT2D eigenvalue weighted by atomic mass is 11.2. The van der Waals surface area contributed by atoms with Crippen molar-refractivity contribution in [2.45, 2.75) is 0 Å². The molecule has 0 saturated heterocycles. The maximum Gasteiger partial charge on any atom is 0.291 e. The Morgan fingerprint density at radius 3 is 2.09 bits per heavy atom. The summed E-state index contributed by atoms with van der Waals surface area (Å²) < 4.78 is 14.2. The summed E-state index contributed by atoms with van der Waals surface area (Å²) in [5.41, 5.74) is 2.14. The van der Waals surface area contributed by atoms with Crippen LogP contribution < -0.4 is 15.9 Å². The summed E-state index contributed by atoms with van der Waals surface area (Å²) in [5, 5.41) is 1.92. The quantitative estimate of drug-likeness (QED) is 0.503. The van der Waals surface area contributed by atoms with E-state index in [4.69, 9.17) is 0 Å². The molecule has 1 atom stereocenters. The predicted octanol–water partition coefficient (Wildman–Crippen LogP) is -1.62. The highest BCUT2D eigenvalue weighted by atomic mass is 31.2. The number of hydrogen-bond acceptors (Lipinski definition) is 4. The van der Waals surface area contributed by atoms with E-state index in [2.05, 4.69) is 10.3 Å². The van der Waals surface area contributed by atoms with Crippen molar-refractivity contribution in [1.29, 1.82) is 0 Å². The molecule has 68 valence electrons. The normalized spacial score (nSPS) is 13.9. The van der Waals surface area contributed by atoms with Gasteiger partial charge in [-0.15, -0.1) is 0 Å². The second-order valence-electron chi connectivity index (χ2n) is 1.24. The lowest BCUT2D eigenvalue weighted by molar-refractivity contribution is -0.325. The molecule has 0 aromatic carbocycles.